The molecule has 0 spiro atoms. The van der Waals surface area contributed by atoms with Crippen LogP contribution >= 0.6 is 11.7 Å². The third kappa shape index (κ3) is 1.60. The minimum Gasteiger partial charge on any atom is -0.362 e. The molecule has 3 nitrogen and oxygen atoms in total. The van der Waals surface area contributed by atoms with Crippen LogP contribution in [0.5, 0.6) is 0 Å². The average Bonchev–Trinajstić information content (AvgIpc) is 2.74. The van der Waals surface area contributed by atoms with Crippen LogP contribution in [0.4, 0.5) is 0 Å². The first kappa shape index (κ1) is 7.24. The van der Waals surface area contributed by atoms with E-state index in [9.17, 15) is 0 Å². The minimum atomic E-state index is 0.898. The Balaban J connectivity index is 2.14. The lowest BCUT2D eigenvalue weighted by atomic mass is 10.3. The van der Waals surface area contributed by atoms with Crippen molar-refractivity contribution in [2.75, 3.05) is 0 Å². The maximum Gasteiger partial charge on any atom is 0.0970 e. The first-order valence-corrected chi connectivity index (χ1v) is 4.27. The molecule has 0 bridgehead atoms. The van der Waals surface area contributed by atoms with Crippen LogP contribution in [0.25, 0.3) is 12.2 Å². The monoisotopic (exact) mass is 177 g/mol. The summed E-state index contributed by atoms with van der Waals surface area (Å²) in [6, 6.07) is 3.95. The maximum atomic E-state index is 4.05. The van der Waals surface area contributed by atoms with Gasteiger partial charge in [-0.05, 0) is 24.3 Å². The van der Waals surface area contributed by atoms with Crippen molar-refractivity contribution in [1.82, 2.24) is 13.7 Å². The molecule has 60 valence electrons. The molecule has 12 heavy (non-hydrogen) atoms. The normalized spacial score (nSPS) is 11.0. The van der Waals surface area contributed by atoms with Gasteiger partial charge in [-0.3, -0.25) is 0 Å². The Kier molecular flexibility index (Phi) is 2.00. The second kappa shape index (κ2) is 3.32. The van der Waals surface area contributed by atoms with E-state index in [0.717, 1.165) is 11.4 Å². The highest BCUT2D eigenvalue weighted by atomic mass is 32.1. The van der Waals surface area contributed by atoms with E-state index in [4.69, 9.17) is 0 Å². The van der Waals surface area contributed by atoms with Crippen molar-refractivity contribution < 1.29 is 0 Å². The van der Waals surface area contributed by atoms with Gasteiger partial charge in [0, 0.05) is 11.9 Å². The Bertz CT molecular complexity index is 311. The number of nitrogens with zero attached hydrogens (tertiary/aromatic N) is 2. The smallest absolute Gasteiger partial charge is 0.0970 e. The SMILES string of the molecule is C(=Cc1ccc[nH]1)c1cnsn1. The molecule has 1 N–H and O–H groups in total. The largest absolute Gasteiger partial charge is 0.362 e. The fourth-order valence-electron chi connectivity index (χ4n) is 0.868. The van der Waals surface area contributed by atoms with Crippen LogP contribution < -0.4 is 0 Å². The van der Waals surface area contributed by atoms with Gasteiger partial charge in [-0.2, -0.15) is 8.75 Å². The molecule has 0 atom stereocenters. The molecule has 4 heteroatoms. The van der Waals surface area contributed by atoms with Gasteiger partial charge < -0.3 is 4.98 Å². The van der Waals surface area contributed by atoms with E-state index in [1.165, 1.54) is 11.7 Å². The van der Waals surface area contributed by atoms with Crippen LogP contribution in [0.1, 0.15) is 11.4 Å². The van der Waals surface area contributed by atoms with Gasteiger partial charge in [0.15, 0.2) is 0 Å². The third-order valence-electron chi connectivity index (χ3n) is 1.43. The minimum absolute atomic E-state index is 0.898. The van der Waals surface area contributed by atoms with Crippen LogP contribution in [0.2, 0.25) is 0 Å². The van der Waals surface area contributed by atoms with Gasteiger partial charge >= 0.3 is 0 Å². The molecule has 2 aromatic rings. The Morgan fingerprint density at radius 1 is 1.42 bits per heavy atom. The van der Waals surface area contributed by atoms with Crippen molar-refractivity contribution in [3.8, 4) is 0 Å². The van der Waals surface area contributed by atoms with Gasteiger partial charge in [0.2, 0.25) is 0 Å². The highest BCUT2D eigenvalue weighted by Crippen LogP contribution is 2.03. The molecule has 0 fully saturated rings. The number of hydrogen-bond donors (Lipinski definition) is 1. The van der Waals surface area contributed by atoms with E-state index >= 15 is 0 Å². The summed E-state index contributed by atoms with van der Waals surface area (Å²) in [5.41, 5.74) is 1.97. The Morgan fingerprint density at radius 2 is 2.42 bits per heavy atom. The predicted molar refractivity (Wildman–Crippen MR) is 49.6 cm³/mol. The molecule has 0 radical (unpaired) electrons. The molecule has 0 aromatic carbocycles. The zero-order valence-corrected chi connectivity index (χ0v) is 7.08. The highest BCUT2D eigenvalue weighted by Gasteiger charge is 1.88. The first-order chi connectivity index (χ1) is 5.95. The summed E-state index contributed by atoms with van der Waals surface area (Å²) in [4.78, 5) is 3.07. The summed E-state index contributed by atoms with van der Waals surface area (Å²) in [5, 5.41) is 0. The zero-order chi connectivity index (χ0) is 8.23. The van der Waals surface area contributed by atoms with Crippen LogP contribution in [0.3, 0.4) is 0 Å². The summed E-state index contributed by atoms with van der Waals surface area (Å²) in [6.45, 7) is 0. The zero-order valence-electron chi connectivity index (χ0n) is 6.27. The number of H-pyrrole nitrogens is 1. The average molecular weight is 177 g/mol. The molecular formula is C8H7N3S. The molecular weight excluding hydrogens is 170 g/mol. The van der Waals surface area contributed by atoms with Gasteiger partial charge in [-0.15, -0.1) is 0 Å². The summed E-state index contributed by atoms with van der Waals surface area (Å²) in [5.74, 6) is 0. The summed E-state index contributed by atoms with van der Waals surface area (Å²) in [7, 11) is 0. The van der Waals surface area contributed by atoms with Crippen LogP contribution in [-0.4, -0.2) is 13.7 Å². The lowest BCUT2D eigenvalue weighted by molar-refractivity contribution is 1.38. The van der Waals surface area contributed by atoms with Crippen molar-refractivity contribution >= 4 is 23.9 Å². The summed E-state index contributed by atoms with van der Waals surface area (Å²) < 4.78 is 7.94. The van der Waals surface area contributed by atoms with Gasteiger partial charge in [-0.25, -0.2) is 0 Å². The van der Waals surface area contributed by atoms with Crippen LogP contribution in [-0.2, 0) is 0 Å². The van der Waals surface area contributed by atoms with Gasteiger partial charge in [0.05, 0.1) is 23.6 Å². The van der Waals surface area contributed by atoms with Crippen molar-refractivity contribution in [1.29, 1.82) is 0 Å². The molecule has 0 saturated carbocycles. The summed E-state index contributed by atoms with van der Waals surface area (Å²) in [6.07, 6.45) is 7.52. The number of rotatable bonds is 2. The van der Waals surface area contributed by atoms with Crippen molar-refractivity contribution in [3.63, 3.8) is 0 Å². The quantitative estimate of drug-likeness (QED) is 0.762. The van der Waals surface area contributed by atoms with Gasteiger partial charge in [-0.1, -0.05) is 0 Å². The molecule has 2 rings (SSSR count). The third-order valence-corrected chi connectivity index (χ3v) is 1.93. The summed E-state index contributed by atoms with van der Waals surface area (Å²) >= 11 is 1.22. The fraction of sp³-hybridized carbons (Fsp3) is 0. The van der Waals surface area contributed by atoms with E-state index in [2.05, 4.69) is 13.7 Å². The van der Waals surface area contributed by atoms with Gasteiger partial charge in [0.25, 0.3) is 0 Å². The molecule has 2 heterocycles. The van der Waals surface area contributed by atoms with E-state index in [0.29, 0.717) is 0 Å². The van der Waals surface area contributed by atoms with Crippen molar-refractivity contribution in [2.24, 2.45) is 0 Å². The number of nitrogens with one attached hydrogen (secondary N) is 1. The van der Waals surface area contributed by atoms with E-state index in [-0.39, 0.29) is 0 Å². The molecule has 0 aliphatic carbocycles. The van der Waals surface area contributed by atoms with Crippen LogP contribution in [0, 0.1) is 0 Å². The first-order valence-electron chi connectivity index (χ1n) is 3.54. The standard InChI is InChI=1S/C8H7N3S/c1-2-7(9-5-1)3-4-8-6-10-12-11-8/h1-6,9H. The Morgan fingerprint density at radius 3 is 3.08 bits per heavy atom. The lowest BCUT2D eigenvalue weighted by Gasteiger charge is -1.82. The maximum absolute atomic E-state index is 4.05. The topological polar surface area (TPSA) is 41.6 Å². The van der Waals surface area contributed by atoms with E-state index < -0.39 is 0 Å². The second-order valence-corrected chi connectivity index (χ2v) is 2.85. The van der Waals surface area contributed by atoms with E-state index in [1.807, 2.05) is 30.5 Å². The van der Waals surface area contributed by atoms with Gasteiger partial charge in [0.1, 0.15) is 0 Å². The molecule has 0 aliphatic heterocycles. The lowest BCUT2D eigenvalue weighted by Crippen LogP contribution is -1.69. The molecule has 0 amide bonds. The van der Waals surface area contributed by atoms with Crippen molar-refractivity contribution in [2.45, 2.75) is 0 Å². The number of aromatic nitrogens is 3. The Hall–Kier alpha value is -1.42. The predicted octanol–water partition coefficient (Wildman–Crippen LogP) is 2.04. The second-order valence-electron chi connectivity index (χ2n) is 2.29. The fourth-order valence-corrected chi connectivity index (χ4v) is 1.27. The van der Waals surface area contributed by atoms with Crippen LogP contribution in [0.15, 0.2) is 24.5 Å². The van der Waals surface area contributed by atoms with Crippen molar-refractivity contribution in [3.05, 3.63) is 35.9 Å². The molecule has 0 aliphatic rings. The number of hydrogen-bond acceptors (Lipinski definition) is 3. The van der Waals surface area contributed by atoms with E-state index in [1.54, 1.807) is 6.20 Å². The number of aromatic amines is 1. The molecule has 0 unspecified atom stereocenters. The highest BCUT2D eigenvalue weighted by molar-refractivity contribution is 6.99. The Labute approximate surface area is 74.1 Å². The molecule has 0 saturated heterocycles. The molecule has 2 aromatic heterocycles.